The number of anilines is 1. The van der Waals surface area contributed by atoms with Crippen LogP contribution in [-0.2, 0) is 11.3 Å². The molecule has 4 rings (SSSR count). The fourth-order valence-electron chi connectivity index (χ4n) is 5.39. The van der Waals surface area contributed by atoms with E-state index in [0.717, 1.165) is 22.4 Å². The Morgan fingerprint density at radius 1 is 1.18 bits per heavy atom. The minimum Gasteiger partial charge on any atom is -0.364 e. The van der Waals surface area contributed by atoms with Crippen LogP contribution in [-0.4, -0.2) is 28.4 Å². The molecule has 0 aromatic heterocycles. The Kier molecular flexibility index (Phi) is 5.81. The van der Waals surface area contributed by atoms with Crippen molar-refractivity contribution in [2.24, 2.45) is 0 Å². The van der Waals surface area contributed by atoms with Crippen LogP contribution in [0.3, 0.4) is 0 Å². The summed E-state index contributed by atoms with van der Waals surface area (Å²) in [5, 5.41) is 2.71. The molecule has 1 atom stereocenters. The predicted octanol–water partition coefficient (Wildman–Crippen LogP) is 5.73. The summed E-state index contributed by atoms with van der Waals surface area (Å²) in [6.45, 7) is 13.4. The van der Waals surface area contributed by atoms with Crippen molar-refractivity contribution in [2.75, 3.05) is 4.90 Å². The van der Waals surface area contributed by atoms with Crippen LogP contribution in [0.5, 0.6) is 0 Å². The summed E-state index contributed by atoms with van der Waals surface area (Å²) in [6, 6.07) is 10.1. The zero-order valence-corrected chi connectivity index (χ0v) is 20.2. The van der Waals surface area contributed by atoms with Crippen LogP contribution in [0.1, 0.15) is 69.2 Å². The van der Waals surface area contributed by atoms with Crippen molar-refractivity contribution >= 4 is 23.7 Å². The van der Waals surface area contributed by atoms with Crippen LogP contribution in [0.25, 0.3) is 6.08 Å². The van der Waals surface area contributed by atoms with Gasteiger partial charge in [0.15, 0.2) is 0 Å². The number of halogens is 1. The van der Waals surface area contributed by atoms with E-state index in [-0.39, 0.29) is 29.5 Å². The number of aryl methyl sites for hydroxylation is 1. The lowest BCUT2D eigenvalue weighted by molar-refractivity contribution is -0.123. The highest BCUT2D eigenvalue weighted by molar-refractivity contribution is 6.14. The number of fused-ring (bicyclic) bond motifs is 1. The average Bonchev–Trinajstić information content (AvgIpc) is 2.97. The quantitative estimate of drug-likeness (QED) is 0.479. The molecular formula is C27H32FN3O2. The van der Waals surface area contributed by atoms with Gasteiger partial charge in [-0.3, -0.25) is 9.69 Å². The Morgan fingerprint density at radius 3 is 2.48 bits per heavy atom. The molecular weight excluding hydrogens is 417 g/mol. The lowest BCUT2D eigenvalue weighted by atomic mass is 9.78. The van der Waals surface area contributed by atoms with Gasteiger partial charge in [0.1, 0.15) is 11.5 Å². The minimum absolute atomic E-state index is 0.0588. The van der Waals surface area contributed by atoms with Gasteiger partial charge in [0.25, 0.3) is 5.91 Å². The fourth-order valence-corrected chi connectivity index (χ4v) is 5.39. The molecule has 5 nitrogen and oxygen atoms in total. The number of carbonyl (C=O) groups excluding carboxylic acids is 2. The van der Waals surface area contributed by atoms with Crippen molar-refractivity contribution in [3.8, 4) is 0 Å². The normalized spacial score (nSPS) is 21.1. The van der Waals surface area contributed by atoms with E-state index in [1.165, 1.54) is 23.4 Å². The number of benzene rings is 2. The molecule has 2 aliphatic rings. The zero-order chi connectivity index (χ0) is 24.1. The number of rotatable bonds is 4. The number of carbonyl (C=O) groups is 2. The van der Waals surface area contributed by atoms with E-state index in [4.69, 9.17) is 0 Å². The predicted molar refractivity (Wildman–Crippen MR) is 129 cm³/mol. The third-order valence-electron chi connectivity index (χ3n) is 6.70. The van der Waals surface area contributed by atoms with Crippen molar-refractivity contribution in [1.29, 1.82) is 0 Å². The molecule has 174 valence electrons. The summed E-state index contributed by atoms with van der Waals surface area (Å²) in [7, 11) is 0. The number of nitrogens with one attached hydrogen (secondary N) is 1. The molecule has 2 aliphatic heterocycles. The standard InChI is InChI=1S/C27H32FN3O2/c1-16(2)31-24-11-17(3)20(12-22(24)18(4)14-27(31,5)6)13-23-25(32)30(26(33)29-23)15-19-7-9-21(28)10-8-19/h7-13,16,18H,14-15H2,1-6H3,(H,29,33)/b23-13-/t18-/m0/s1. The molecule has 1 fully saturated rings. The van der Waals surface area contributed by atoms with Crippen molar-refractivity contribution in [1.82, 2.24) is 10.2 Å². The molecule has 0 bridgehead atoms. The molecule has 0 unspecified atom stereocenters. The third-order valence-corrected chi connectivity index (χ3v) is 6.70. The van der Waals surface area contributed by atoms with E-state index in [1.54, 1.807) is 18.2 Å². The Bertz CT molecular complexity index is 1130. The Labute approximate surface area is 195 Å². The van der Waals surface area contributed by atoms with Crippen molar-refractivity contribution in [3.63, 3.8) is 0 Å². The van der Waals surface area contributed by atoms with Gasteiger partial charge < -0.3 is 10.2 Å². The summed E-state index contributed by atoms with van der Waals surface area (Å²) in [6.07, 6.45) is 2.81. The van der Waals surface area contributed by atoms with E-state index >= 15 is 0 Å². The minimum atomic E-state index is -0.465. The van der Waals surface area contributed by atoms with E-state index in [9.17, 15) is 14.0 Å². The first-order chi connectivity index (χ1) is 15.5. The highest BCUT2D eigenvalue weighted by atomic mass is 19.1. The molecule has 0 spiro atoms. The van der Waals surface area contributed by atoms with Gasteiger partial charge in [0.2, 0.25) is 0 Å². The maximum absolute atomic E-state index is 13.2. The van der Waals surface area contributed by atoms with E-state index in [0.29, 0.717) is 17.5 Å². The van der Waals surface area contributed by atoms with Crippen molar-refractivity contribution < 1.29 is 14.0 Å². The summed E-state index contributed by atoms with van der Waals surface area (Å²) >= 11 is 0. The van der Waals surface area contributed by atoms with Crippen molar-refractivity contribution in [2.45, 2.75) is 72.0 Å². The summed E-state index contributed by atoms with van der Waals surface area (Å²) in [5.41, 5.74) is 5.50. The molecule has 33 heavy (non-hydrogen) atoms. The van der Waals surface area contributed by atoms with Gasteiger partial charge in [-0.2, -0.15) is 0 Å². The van der Waals surface area contributed by atoms with Gasteiger partial charge in [-0.05, 0) is 99.6 Å². The molecule has 1 N–H and O–H groups in total. The second-order valence-corrected chi connectivity index (χ2v) is 10.2. The van der Waals surface area contributed by atoms with Gasteiger partial charge in [-0.25, -0.2) is 9.18 Å². The number of amides is 3. The van der Waals surface area contributed by atoms with Gasteiger partial charge in [-0.1, -0.05) is 19.1 Å². The summed E-state index contributed by atoms with van der Waals surface area (Å²) in [4.78, 5) is 29.1. The largest absolute Gasteiger partial charge is 0.364 e. The molecule has 2 heterocycles. The van der Waals surface area contributed by atoms with E-state index < -0.39 is 6.03 Å². The Morgan fingerprint density at radius 2 is 1.85 bits per heavy atom. The fraction of sp³-hybridized carbons (Fsp3) is 0.407. The first-order valence-corrected chi connectivity index (χ1v) is 11.5. The SMILES string of the molecule is Cc1cc2c(cc1/C=C1\NC(=O)N(Cc3ccc(F)cc3)C1=O)[C@@H](C)CC(C)(C)N2C(C)C. The van der Waals surface area contributed by atoms with Crippen LogP contribution >= 0.6 is 0 Å². The number of imide groups is 1. The van der Waals surface area contributed by atoms with Crippen LogP contribution in [0.15, 0.2) is 42.1 Å². The second kappa shape index (κ2) is 8.32. The maximum Gasteiger partial charge on any atom is 0.329 e. The second-order valence-electron chi connectivity index (χ2n) is 10.2. The topological polar surface area (TPSA) is 52.7 Å². The molecule has 1 saturated heterocycles. The number of hydrogen-bond donors (Lipinski definition) is 1. The van der Waals surface area contributed by atoms with Gasteiger partial charge in [0, 0.05) is 17.3 Å². The Hall–Kier alpha value is -3.15. The molecule has 0 radical (unpaired) electrons. The first kappa shape index (κ1) is 23.0. The molecule has 0 aliphatic carbocycles. The zero-order valence-electron chi connectivity index (χ0n) is 20.2. The van der Waals surface area contributed by atoms with Crippen LogP contribution in [0, 0.1) is 12.7 Å². The number of urea groups is 1. The van der Waals surface area contributed by atoms with Gasteiger partial charge in [0.05, 0.1) is 6.54 Å². The molecule has 0 saturated carbocycles. The van der Waals surface area contributed by atoms with Crippen molar-refractivity contribution in [3.05, 3.63) is 70.2 Å². The summed E-state index contributed by atoms with van der Waals surface area (Å²) < 4.78 is 13.2. The average molecular weight is 450 g/mol. The lowest BCUT2D eigenvalue weighted by Gasteiger charge is -2.50. The lowest BCUT2D eigenvalue weighted by Crippen LogP contribution is -2.51. The van der Waals surface area contributed by atoms with Gasteiger partial charge in [-0.15, -0.1) is 0 Å². The highest BCUT2D eigenvalue weighted by Gasteiger charge is 2.38. The maximum atomic E-state index is 13.2. The molecule has 2 aromatic rings. The van der Waals surface area contributed by atoms with E-state index in [2.05, 4.69) is 57.0 Å². The molecule has 6 heteroatoms. The third kappa shape index (κ3) is 4.26. The highest BCUT2D eigenvalue weighted by Crippen LogP contribution is 2.45. The first-order valence-electron chi connectivity index (χ1n) is 11.5. The van der Waals surface area contributed by atoms with E-state index in [1.807, 2.05) is 6.92 Å². The monoisotopic (exact) mass is 449 g/mol. The van der Waals surface area contributed by atoms with Gasteiger partial charge >= 0.3 is 6.03 Å². The van der Waals surface area contributed by atoms with Crippen LogP contribution in [0.4, 0.5) is 14.9 Å². The number of nitrogens with zero attached hydrogens (tertiary/aromatic N) is 2. The smallest absolute Gasteiger partial charge is 0.329 e. The number of hydrogen-bond acceptors (Lipinski definition) is 3. The van der Waals surface area contributed by atoms with Crippen LogP contribution < -0.4 is 10.2 Å². The van der Waals surface area contributed by atoms with Crippen LogP contribution in [0.2, 0.25) is 0 Å². The molecule has 3 amide bonds. The molecule has 2 aromatic carbocycles. The Balaban J connectivity index is 1.66. The summed E-state index contributed by atoms with van der Waals surface area (Å²) in [5.74, 6) is -0.348.